The maximum absolute atomic E-state index is 10.9. The maximum Gasteiger partial charge on any atom is 0.521 e. The minimum Gasteiger partial charge on any atom is -0.435 e. The van der Waals surface area contributed by atoms with Crippen LogP contribution in [0.2, 0.25) is 0 Å². The summed E-state index contributed by atoms with van der Waals surface area (Å²) >= 11 is 0. The number of unbranched alkanes of at least 4 members (excludes halogenated alkanes) is 4. The van der Waals surface area contributed by atoms with Gasteiger partial charge in [-0.2, -0.15) is 9.28 Å². The average molecular weight is 216 g/mol. The molecule has 0 aliphatic carbocycles. The Bertz CT molecular complexity index is 215. The van der Waals surface area contributed by atoms with Gasteiger partial charge in [-0.15, -0.1) is 0 Å². The average Bonchev–Trinajstić information content (AvgIpc) is 2.16. The van der Waals surface area contributed by atoms with Crippen molar-refractivity contribution >= 4 is 12.1 Å². The van der Waals surface area contributed by atoms with Gasteiger partial charge in [-0.05, 0) is 12.8 Å². The second-order valence-corrected chi connectivity index (χ2v) is 4.00. The van der Waals surface area contributed by atoms with Gasteiger partial charge in [-0.1, -0.05) is 26.2 Å². The van der Waals surface area contributed by atoms with Crippen molar-refractivity contribution in [1.82, 2.24) is 0 Å². The first kappa shape index (κ1) is 13.9. The zero-order valence-electron chi connectivity index (χ0n) is 9.62. The van der Waals surface area contributed by atoms with E-state index in [4.69, 9.17) is 16.2 Å². The summed E-state index contributed by atoms with van der Waals surface area (Å²) in [5.41, 5.74) is 5.29. The fraction of sp³-hybridized carbons (Fsp3) is 0.800. The number of quaternary nitrogens is 1. The first-order chi connectivity index (χ1) is 6.95. The lowest BCUT2D eigenvalue weighted by Gasteiger charge is -2.24. The monoisotopic (exact) mass is 216 g/mol. The van der Waals surface area contributed by atoms with Crippen molar-refractivity contribution in [2.45, 2.75) is 39.0 Å². The molecule has 4 N–H and O–H groups in total. The fourth-order valence-corrected chi connectivity index (χ4v) is 1.35. The van der Waals surface area contributed by atoms with Crippen LogP contribution in [0.5, 0.6) is 0 Å². The third-order valence-corrected chi connectivity index (χ3v) is 2.66. The number of carbonyl (C=O) groups is 1. The van der Waals surface area contributed by atoms with E-state index in [2.05, 4.69) is 6.92 Å². The lowest BCUT2D eigenvalue weighted by atomic mass is 10.1. The Morgan fingerprint density at radius 1 is 1.33 bits per heavy atom. The van der Waals surface area contributed by atoms with Crippen LogP contribution < -0.4 is 5.73 Å². The van der Waals surface area contributed by atoms with Crippen molar-refractivity contribution in [3.8, 4) is 0 Å². The summed E-state index contributed by atoms with van der Waals surface area (Å²) in [7, 11) is 1.46. The number of amides is 1. The van der Waals surface area contributed by atoms with Crippen LogP contribution in [0.4, 0.5) is 4.79 Å². The van der Waals surface area contributed by atoms with Gasteiger partial charge in [0.1, 0.15) is 0 Å². The normalized spacial score (nSPS) is 14.5. The van der Waals surface area contributed by atoms with E-state index in [1.165, 1.54) is 13.5 Å². The van der Waals surface area contributed by atoms with Crippen molar-refractivity contribution in [3.63, 3.8) is 0 Å². The fourth-order valence-electron chi connectivity index (χ4n) is 1.35. The van der Waals surface area contributed by atoms with Gasteiger partial charge < -0.3 is 10.8 Å². The summed E-state index contributed by atoms with van der Waals surface area (Å²) in [6, 6.07) is 0. The van der Waals surface area contributed by atoms with Gasteiger partial charge in [0.15, 0.2) is 0 Å². The maximum atomic E-state index is 10.9. The molecule has 0 rings (SSSR count). The van der Waals surface area contributed by atoms with Crippen LogP contribution in [0.15, 0.2) is 0 Å². The van der Waals surface area contributed by atoms with Crippen molar-refractivity contribution in [1.29, 1.82) is 5.41 Å². The molecule has 5 heteroatoms. The number of nitrogens with two attached hydrogens (primary N) is 1. The predicted molar refractivity (Wildman–Crippen MR) is 59.7 cm³/mol. The summed E-state index contributed by atoms with van der Waals surface area (Å²) in [5.74, 6) is -0.307. The number of hydrogen-bond donors (Lipinski definition) is 3. The third-order valence-electron chi connectivity index (χ3n) is 2.66. The van der Waals surface area contributed by atoms with Crippen LogP contribution in [0, 0.1) is 5.41 Å². The SMILES string of the molecule is CCCCCCC[N+](C)(C(=N)N)C(=O)O. The highest BCUT2D eigenvalue weighted by Crippen LogP contribution is 2.09. The van der Waals surface area contributed by atoms with Crippen molar-refractivity contribution < 1.29 is 14.4 Å². The molecule has 0 saturated heterocycles. The Morgan fingerprint density at radius 2 is 1.87 bits per heavy atom. The van der Waals surface area contributed by atoms with Crippen LogP contribution in [0.3, 0.4) is 0 Å². The molecule has 0 radical (unpaired) electrons. The Balaban J connectivity index is 3.99. The minimum atomic E-state index is -1.06. The molecule has 15 heavy (non-hydrogen) atoms. The van der Waals surface area contributed by atoms with Crippen molar-refractivity contribution in [3.05, 3.63) is 0 Å². The van der Waals surface area contributed by atoms with Gasteiger partial charge in [0.05, 0.1) is 13.6 Å². The molecule has 5 nitrogen and oxygen atoms in total. The predicted octanol–water partition coefficient (Wildman–Crippen LogP) is 1.97. The van der Waals surface area contributed by atoms with Crippen molar-refractivity contribution in [2.24, 2.45) is 5.73 Å². The van der Waals surface area contributed by atoms with Crippen LogP contribution in [-0.4, -0.2) is 35.2 Å². The zero-order valence-corrected chi connectivity index (χ0v) is 9.62. The molecule has 0 aromatic heterocycles. The summed E-state index contributed by atoms with van der Waals surface area (Å²) < 4.78 is -0.494. The first-order valence-corrected chi connectivity index (χ1v) is 5.38. The molecule has 0 aliphatic heterocycles. The van der Waals surface area contributed by atoms with E-state index in [-0.39, 0.29) is 5.96 Å². The number of carboxylic acid groups (broad SMARTS) is 1. The lowest BCUT2D eigenvalue weighted by molar-refractivity contribution is -0.747. The summed E-state index contributed by atoms with van der Waals surface area (Å²) in [6.07, 6.45) is 4.20. The van der Waals surface area contributed by atoms with Crippen LogP contribution in [-0.2, 0) is 0 Å². The van der Waals surface area contributed by atoms with E-state index < -0.39 is 10.6 Å². The summed E-state index contributed by atoms with van der Waals surface area (Å²) in [6.45, 7) is 2.53. The molecule has 0 aromatic rings. The number of guanidine groups is 1. The van der Waals surface area contributed by atoms with Gasteiger partial charge in [-0.25, -0.2) is 5.41 Å². The number of nitrogens with one attached hydrogen (secondary N) is 1. The quantitative estimate of drug-likeness (QED) is 0.274. The molecule has 0 aromatic carbocycles. The van der Waals surface area contributed by atoms with Gasteiger partial charge >= 0.3 is 12.1 Å². The number of rotatable bonds is 6. The second-order valence-electron chi connectivity index (χ2n) is 4.00. The van der Waals surface area contributed by atoms with E-state index in [1.807, 2.05) is 0 Å². The molecule has 0 aliphatic rings. The Hall–Kier alpha value is -1.10. The third kappa shape index (κ3) is 4.29. The van der Waals surface area contributed by atoms with Crippen molar-refractivity contribution in [2.75, 3.05) is 13.6 Å². The molecule has 0 bridgehead atoms. The number of nitrogens with zero attached hydrogens (tertiary/aromatic N) is 1. The van der Waals surface area contributed by atoms with Gasteiger partial charge in [-0.3, -0.25) is 0 Å². The molecule has 1 atom stereocenters. The smallest absolute Gasteiger partial charge is 0.435 e. The second kappa shape index (κ2) is 6.40. The highest BCUT2D eigenvalue weighted by molar-refractivity contribution is 5.78. The molecule has 1 unspecified atom stereocenters. The molecular formula is C10H22N3O2+. The van der Waals surface area contributed by atoms with Gasteiger partial charge in [0.25, 0.3) is 0 Å². The van der Waals surface area contributed by atoms with Gasteiger partial charge in [0, 0.05) is 0 Å². The molecular weight excluding hydrogens is 194 g/mol. The Labute approximate surface area is 91.0 Å². The van der Waals surface area contributed by atoms with Crippen LogP contribution >= 0.6 is 0 Å². The van der Waals surface area contributed by atoms with Crippen LogP contribution in [0.1, 0.15) is 39.0 Å². The molecule has 0 spiro atoms. The highest BCUT2D eigenvalue weighted by atomic mass is 16.4. The van der Waals surface area contributed by atoms with E-state index in [9.17, 15) is 4.79 Å². The largest absolute Gasteiger partial charge is 0.521 e. The summed E-state index contributed by atoms with van der Waals surface area (Å²) in [5, 5.41) is 16.2. The Morgan fingerprint density at radius 3 is 2.27 bits per heavy atom. The highest BCUT2D eigenvalue weighted by Gasteiger charge is 2.35. The lowest BCUT2D eigenvalue weighted by Crippen LogP contribution is -2.56. The topological polar surface area (TPSA) is 87.2 Å². The minimum absolute atomic E-state index is 0.307. The Kier molecular flexibility index (Phi) is 5.93. The van der Waals surface area contributed by atoms with Gasteiger partial charge in [0.2, 0.25) is 0 Å². The standard InChI is InChI=1S/C10H21N3O2/c1-3-4-5-6-7-8-13(2,9(11)12)10(14)15/h3-8H2,1-2H3,(H3-,11,12,14,15)/p+1. The molecule has 1 amide bonds. The molecule has 88 valence electrons. The van der Waals surface area contributed by atoms with E-state index in [0.717, 1.165) is 25.7 Å². The van der Waals surface area contributed by atoms with E-state index >= 15 is 0 Å². The molecule has 0 heterocycles. The summed E-state index contributed by atoms with van der Waals surface area (Å²) in [4.78, 5) is 10.9. The first-order valence-electron chi connectivity index (χ1n) is 5.38. The molecule has 0 fully saturated rings. The van der Waals surface area contributed by atoms with Crippen LogP contribution in [0.25, 0.3) is 0 Å². The molecule has 0 saturated carbocycles. The number of hydrogen-bond acceptors (Lipinski definition) is 2. The van der Waals surface area contributed by atoms with E-state index in [1.54, 1.807) is 0 Å². The van der Waals surface area contributed by atoms with E-state index in [0.29, 0.717) is 6.54 Å². The zero-order chi connectivity index (χ0) is 11.9.